The average molecular weight is 355 g/mol. The Balaban J connectivity index is 2.64. The molecule has 106 valence electrons. The third kappa shape index (κ3) is 2.96. The largest absolute Gasteiger partial charge is 0.373 e. The molecule has 1 aromatic carbocycles. The number of nitrogens with one attached hydrogen (secondary N) is 1. The fraction of sp³-hybridized carbons (Fsp3) is 0.333. The standard InChI is InChI=1S/C15H17BrClN3/c1-8(2)13-9(3)19-14(20-15(13)18-4)11-7-10(17)5-6-12(11)16/h5-8H,1-4H3,(H,18,19,20). The first-order valence-electron chi connectivity index (χ1n) is 6.45. The maximum Gasteiger partial charge on any atom is 0.162 e. The quantitative estimate of drug-likeness (QED) is 0.839. The second kappa shape index (κ2) is 6.10. The molecule has 5 heteroatoms. The van der Waals surface area contributed by atoms with E-state index in [2.05, 4.69) is 45.1 Å². The van der Waals surface area contributed by atoms with E-state index in [1.807, 2.05) is 32.2 Å². The van der Waals surface area contributed by atoms with Crippen LogP contribution in [0.25, 0.3) is 11.4 Å². The smallest absolute Gasteiger partial charge is 0.162 e. The fourth-order valence-corrected chi connectivity index (χ4v) is 2.85. The second-order valence-electron chi connectivity index (χ2n) is 4.92. The number of rotatable bonds is 3. The lowest BCUT2D eigenvalue weighted by molar-refractivity contribution is 0.833. The van der Waals surface area contributed by atoms with Gasteiger partial charge in [-0.1, -0.05) is 41.4 Å². The van der Waals surface area contributed by atoms with Crippen molar-refractivity contribution in [3.63, 3.8) is 0 Å². The summed E-state index contributed by atoms with van der Waals surface area (Å²) in [5.74, 6) is 1.91. The summed E-state index contributed by atoms with van der Waals surface area (Å²) in [6, 6.07) is 5.62. The first kappa shape index (κ1) is 15.3. The molecule has 20 heavy (non-hydrogen) atoms. The summed E-state index contributed by atoms with van der Waals surface area (Å²) in [6.45, 7) is 6.29. The van der Waals surface area contributed by atoms with E-state index in [0.717, 1.165) is 27.1 Å². The van der Waals surface area contributed by atoms with Crippen molar-refractivity contribution in [3.05, 3.63) is 39.0 Å². The Labute approximate surface area is 132 Å². The number of hydrogen-bond donors (Lipinski definition) is 1. The number of nitrogens with zero attached hydrogens (tertiary/aromatic N) is 2. The number of aromatic nitrogens is 2. The Morgan fingerprint density at radius 2 is 1.95 bits per heavy atom. The summed E-state index contributed by atoms with van der Waals surface area (Å²) in [5.41, 5.74) is 3.03. The van der Waals surface area contributed by atoms with Crippen LogP contribution in [0.15, 0.2) is 22.7 Å². The average Bonchev–Trinajstić information content (AvgIpc) is 2.40. The van der Waals surface area contributed by atoms with Gasteiger partial charge in [0.1, 0.15) is 5.82 Å². The van der Waals surface area contributed by atoms with E-state index in [4.69, 9.17) is 11.6 Å². The molecule has 0 unspecified atom stereocenters. The first-order valence-corrected chi connectivity index (χ1v) is 7.62. The number of anilines is 1. The maximum absolute atomic E-state index is 6.07. The summed E-state index contributed by atoms with van der Waals surface area (Å²) in [4.78, 5) is 9.27. The maximum atomic E-state index is 6.07. The SMILES string of the molecule is CNc1nc(-c2cc(Cl)ccc2Br)nc(C)c1C(C)C. The number of benzene rings is 1. The molecule has 1 N–H and O–H groups in total. The highest BCUT2D eigenvalue weighted by atomic mass is 79.9. The third-order valence-corrected chi connectivity index (χ3v) is 4.05. The number of halogens is 2. The van der Waals surface area contributed by atoms with Gasteiger partial charge in [-0.25, -0.2) is 9.97 Å². The van der Waals surface area contributed by atoms with Crippen molar-refractivity contribution in [2.24, 2.45) is 0 Å². The molecule has 0 aliphatic rings. The van der Waals surface area contributed by atoms with Gasteiger partial charge >= 0.3 is 0 Å². The Hall–Kier alpha value is -1.13. The van der Waals surface area contributed by atoms with Gasteiger partial charge in [0.15, 0.2) is 5.82 Å². The number of hydrogen-bond acceptors (Lipinski definition) is 3. The van der Waals surface area contributed by atoms with Gasteiger partial charge < -0.3 is 5.32 Å². The highest BCUT2D eigenvalue weighted by Gasteiger charge is 2.16. The van der Waals surface area contributed by atoms with Crippen molar-refractivity contribution in [2.75, 3.05) is 12.4 Å². The molecule has 0 aliphatic carbocycles. The Morgan fingerprint density at radius 3 is 2.55 bits per heavy atom. The molecule has 0 bridgehead atoms. The molecular formula is C15H17BrClN3. The highest BCUT2D eigenvalue weighted by molar-refractivity contribution is 9.10. The third-order valence-electron chi connectivity index (χ3n) is 3.12. The van der Waals surface area contributed by atoms with Crippen molar-refractivity contribution < 1.29 is 0 Å². The van der Waals surface area contributed by atoms with Crippen LogP contribution >= 0.6 is 27.5 Å². The van der Waals surface area contributed by atoms with Crippen molar-refractivity contribution in [3.8, 4) is 11.4 Å². The zero-order chi connectivity index (χ0) is 14.9. The van der Waals surface area contributed by atoms with Gasteiger partial charge in [-0.2, -0.15) is 0 Å². The highest BCUT2D eigenvalue weighted by Crippen LogP contribution is 2.32. The van der Waals surface area contributed by atoms with E-state index >= 15 is 0 Å². The molecule has 0 atom stereocenters. The van der Waals surface area contributed by atoms with Gasteiger partial charge in [-0.05, 0) is 31.0 Å². The lowest BCUT2D eigenvalue weighted by Gasteiger charge is -2.16. The van der Waals surface area contributed by atoms with Crippen molar-refractivity contribution in [1.82, 2.24) is 9.97 Å². The molecule has 0 aliphatic heterocycles. The summed E-state index contributed by atoms with van der Waals surface area (Å²) >= 11 is 9.60. The lowest BCUT2D eigenvalue weighted by atomic mass is 10.0. The molecule has 2 aromatic rings. The van der Waals surface area contributed by atoms with Gasteiger partial charge in [0.05, 0.1) is 0 Å². The zero-order valence-corrected chi connectivity index (χ0v) is 14.3. The van der Waals surface area contributed by atoms with Crippen LogP contribution in [0.4, 0.5) is 5.82 Å². The molecule has 0 amide bonds. The normalized spacial score (nSPS) is 10.9. The minimum Gasteiger partial charge on any atom is -0.373 e. The summed E-state index contributed by atoms with van der Waals surface area (Å²) in [6.07, 6.45) is 0. The van der Waals surface area contributed by atoms with Gasteiger partial charge in [-0.3, -0.25) is 0 Å². The molecule has 0 fully saturated rings. The van der Waals surface area contributed by atoms with E-state index in [1.54, 1.807) is 0 Å². The van der Waals surface area contributed by atoms with Crippen LogP contribution in [-0.4, -0.2) is 17.0 Å². The minimum absolute atomic E-state index is 0.370. The minimum atomic E-state index is 0.370. The summed E-state index contributed by atoms with van der Waals surface area (Å²) in [7, 11) is 1.88. The van der Waals surface area contributed by atoms with Gasteiger partial charge in [0.2, 0.25) is 0 Å². The first-order chi connectivity index (χ1) is 9.43. The Kier molecular flexibility index (Phi) is 4.66. The molecule has 0 spiro atoms. The van der Waals surface area contributed by atoms with Crippen LogP contribution in [0.1, 0.15) is 31.0 Å². The van der Waals surface area contributed by atoms with Crippen LogP contribution in [0.2, 0.25) is 5.02 Å². The molecule has 0 radical (unpaired) electrons. The molecule has 2 rings (SSSR count). The summed E-state index contributed by atoms with van der Waals surface area (Å²) < 4.78 is 0.931. The van der Waals surface area contributed by atoms with Crippen molar-refractivity contribution in [1.29, 1.82) is 0 Å². The van der Waals surface area contributed by atoms with Crippen LogP contribution in [0, 0.1) is 6.92 Å². The zero-order valence-electron chi connectivity index (χ0n) is 12.0. The fourth-order valence-electron chi connectivity index (χ4n) is 2.25. The molecule has 1 aromatic heterocycles. The Morgan fingerprint density at radius 1 is 1.25 bits per heavy atom. The van der Waals surface area contributed by atoms with E-state index in [0.29, 0.717) is 16.8 Å². The monoisotopic (exact) mass is 353 g/mol. The second-order valence-corrected chi connectivity index (χ2v) is 6.21. The Bertz CT molecular complexity index is 641. The molecule has 0 saturated heterocycles. The summed E-state index contributed by atoms with van der Waals surface area (Å²) in [5, 5.41) is 3.83. The molecule has 0 saturated carbocycles. The molecular weight excluding hydrogens is 338 g/mol. The van der Waals surface area contributed by atoms with E-state index < -0.39 is 0 Å². The van der Waals surface area contributed by atoms with Crippen LogP contribution in [-0.2, 0) is 0 Å². The van der Waals surface area contributed by atoms with E-state index in [1.165, 1.54) is 0 Å². The van der Waals surface area contributed by atoms with Gasteiger partial charge in [0, 0.05) is 33.4 Å². The van der Waals surface area contributed by atoms with E-state index in [9.17, 15) is 0 Å². The lowest BCUT2D eigenvalue weighted by Crippen LogP contribution is -2.07. The predicted octanol–water partition coefficient (Wildman–Crippen LogP) is 5.03. The van der Waals surface area contributed by atoms with Crippen LogP contribution < -0.4 is 5.32 Å². The van der Waals surface area contributed by atoms with Gasteiger partial charge in [-0.15, -0.1) is 0 Å². The predicted molar refractivity (Wildman–Crippen MR) is 88.6 cm³/mol. The number of aryl methyl sites for hydroxylation is 1. The topological polar surface area (TPSA) is 37.8 Å². The molecule has 3 nitrogen and oxygen atoms in total. The van der Waals surface area contributed by atoms with Crippen LogP contribution in [0.5, 0.6) is 0 Å². The van der Waals surface area contributed by atoms with Gasteiger partial charge in [0.25, 0.3) is 0 Å². The molecule has 1 heterocycles. The van der Waals surface area contributed by atoms with Crippen LogP contribution in [0.3, 0.4) is 0 Å². The van der Waals surface area contributed by atoms with Crippen molar-refractivity contribution >= 4 is 33.3 Å². The van der Waals surface area contributed by atoms with Crippen molar-refractivity contribution in [2.45, 2.75) is 26.7 Å². The van der Waals surface area contributed by atoms with E-state index in [-0.39, 0.29) is 0 Å².